The summed E-state index contributed by atoms with van der Waals surface area (Å²) in [7, 11) is 0. The van der Waals surface area contributed by atoms with Crippen LogP contribution < -0.4 is 0 Å². The first kappa shape index (κ1) is 13.1. The van der Waals surface area contributed by atoms with Crippen LogP contribution in [-0.4, -0.2) is 24.0 Å². The van der Waals surface area contributed by atoms with E-state index in [9.17, 15) is 18.0 Å². The molecule has 0 aliphatic carbocycles. The minimum absolute atomic E-state index is 0.0647. The fraction of sp³-hybridized carbons (Fsp3) is 0.333. The number of hydrogen-bond donors (Lipinski definition) is 1. The molecule has 0 radical (unpaired) electrons. The second-order valence-corrected chi connectivity index (χ2v) is 2.85. The minimum atomic E-state index is -4.83. The zero-order valence-corrected chi connectivity index (χ0v) is 8.61. The molecule has 1 N–H and O–H groups in total. The Bertz CT molecular complexity index is 436. The molecule has 0 saturated heterocycles. The van der Waals surface area contributed by atoms with Gasteiger partial charge >= 0.3 is 12.1 Å². The Morgan fingerprint density at radius 3 is 2.76 bits per heavy atom. The quantitative estimate of drug-likeness (QED) is 0.387. The molecule has 1 heterocycles. The maximum absolute atomic E-state index is 12.5. The Kier molecular flexibility index (Phi) is 3.77. The summed E-state index contributed by atoms with van der Waals surface area (Å²) in [5, 5.41) is 10.7. The molecule has 0 amide bonds. The molecule has 1 aromatic heterocycles. The van der Waals surface area contributed by atoms with Gasteiger partial charge in [0.2, 0.25) is 5.76 Å². The van der Waals surface area contributed by atoms with Crippen molar-refractivity contribution in [3.05, 3.63) is 23.2 Å². The lowest BCUT2D eigenvalue weighted by Crippen LogP contribution is -2.12. The van der Waals surface area contributed by atoms with Crippen LogP contribution in [0, 0.1) is 0 Å². The third-order valence-electron chi connectivity index (χ3n) is 1.69. The molecule has 1 aromatic rings. The lowest BCUT2D eigenvalue weighted by molar-refractivity contribution is -0.153. The lowest BCUT2D eigenvalue weighted by Gasteiger charge is -2.05. The summed E-state index contributed by atoms with van der Waals surface area (Å²) < 4.78 is 46.3. The van der Waals surface area contributed by atoms with Crippen molar-refractivity contribution in [2.45, 2.75) is 13.1 Å². The van der Waals surface area contributed by atoms with Gasteiger partial charge in [0, 0.05) is 6.07 Å². The van der Waals surface area contributed by atoms with Crippen LogP contribution in [0.1, 0.15) is 28.8 Å². The molecule has 0 unspecified atom stereocenters. The predicted molar refractivity (Wildman–Crippen MR) is 49.0 cm³/mol. The molecule has 17 heavy (non-hydrogen) atoms. The van der Waals surface area contributed by atoms with E-state index in [1.807, 2.05) is 0 Å². The number of alkyl halides is 3. The van der Waals surface area contributed by atoms with Crippen LogP contribution in [0.5, 0.6) is 0 Å². The molecule has 0 aromatic carbocycles. The molecule has 5 nitrogen and oxygen atoms in total. The van der Waals surface area contributed by atoms with Crippen LogP contribution in [0.2, 0.25) is 0 Å². The molecule has 8 heteroatoms. The summed E-state index contributed by atoms with van der Waals surface area (Å²) in [6, 6.07) is 0.792. The normalized spacial score (nSPS) is 12.0. The number of carbonyl (C=O) groups is 1. The van der Waals surface area contributed by atoms with Gasteiger partial charge in [-0.15, -0.1) is 0 Å². The van der Waals surface area contributed by atoms with E-state index in [0.717, 1.165) is 6.07 Å². The van der Waals surface area contributed by atoms with E-state index >= 15 is 0 Å². The van der Waals surface area contributed by atoms with Crippen LogP contribution in [0.15, 0.2) is 15.6 Å². The number of carbonyl (C=O) groups excluding carboxylic acids is 1. The average molecular weight is 251 g/mol. The highest BCUT2D eigenvalue weighted by molar-refractivity contribution is 5.93. The zero-order chi connectivity index (χ0) is 13.1. The molecule has 0 aliphatic heterocycles. The first-order valence-electron chi connectivity index (χ1n) is 4.45. The van der Waals surface area contributed by atoms with E-state index in [4.69, 9.17) is 5.21 Å². The highest BCUT2D eigenvalue weighted by Crippen LogP contribution is 2.34. The van der Waals surface area contributed by atoms with Crippen molar-refractivity contribution in [3.63, 3.8) is 0 Å². The Morgan fingerprint density at radius 2 is 2.29 bits per heavy atom. The van der Waals surface area contributed by atoms with Crippen molar-refractivity contribution in [2.75, 3.05) is 6.61 Å². The van der Waals surface area contributed by atoms with E-state index in [-0.39, 0.29) is 6.61 Å². The lowest BCUT2D eigenvalue weighted by atomic mass is 10.2. The summed E-state index contributed by atoms with van der Waals surface area (Å²) in [6.45, 7) is 1.39. The predicted octanol–water partition coefficient (Wildman–Crippen LogP) is 2.28. The standard InChI is InChI=1S/C9H8F3NO4/c1-2-16-8(14)6-3-5(4-13-15)17-7(6)9(10,11)12/h3-4,15H,2H2,1H3/b13-4+. The van der Waals surface area contributed by atoms with Gasteiger partial charge in [-0.2, -0.15) is 13.2 Å². The summed E-state index contributed by atoms with van der Waals surface area (Å²) in [4.78, 5) is 11.2. The van der Waals surface area contributed by atoms with E-state index in [2.05, 4.69) is 14.3 Å². The van der Waals surface area contributed by atoms with Gasteiger partial charge in [0.1, 0.15) is 17.5 Å². The summed E-state index contributed by atoms with van der Waals surface area (Å²) in [5.41, 5.74) is -0.755. The fourth-order valence-electron chi connectivity index (χ4n) is 1.10. The van der Waals surface area contributed by atoms with E-state index in [0.29, 0.717) is 6.21 Å². The van der Waals surface area contributed by atoms with E-state index in [1.54, 1.807) is 0 Å². The zero-order valence-electron chi connectivity index (χ0n) is 8.61. The van der Waals surface area contributed by atoms with Crippen LogP contribution in [0.4, 0.5) is 13.2 Å². The van der Waals surface area contributed by atoms with Gasteiger partial charge in [-0.1, -0.05) is 5.16 Å². The van der Waals surface area contributed by atoms with Crippen molar-refractivity contribution in [2.24, 2.45) is 5.16 Å². The SMILES string of the molecule is CCOC(=O)c1cc(/C=N/O)oc1C(F)(F)F. The van der Waals surface area contributed by atoms with Crippen LogP contribution >= 0.6 is 0 Å². The third-order valence-corrected chi connectivity index (χ3v) is 1.69. The Hall–Kier alpha value is -1.99. The highest BCUT2D eigenvalue weighted by Gasteiger charge is 2.40. The molecule has 0 bridgehead atoms. The number of furan rings is 1. The number of rotatable bonds is 3. The van der Waals surface area contributed by atoms with Crippen LogP contribution in [-0.2, 0) is 10.9 Å². The summed E-state index contributed by atoms with van der Waals surface area (Å²) >= 11 is 0. The average Bonchev–Trinajstić information content (AvgIpc) is 2.62. The maximum Gasteiger partial charge on any atom is 0.450 e. The van der Waals surface area contributed by atoms with Crippen LogP contribution in [0.25, 0.3) is 0 Å². The largest absolute Gasteiger partial charge is 0.462 e. The molecule has 0 aliphatic rings. The van der Waals surface area contributed by atoms with Crippen LogP contribution in [0.3, 0.4) is 0 Å². The Labute approximate surface area is 93.5 Å². The van der Waals surface area contributed by atoms with Gasteiger partial charge in [-0.3, -0.25) is 0 Å². The highest BCUT2D eigenvalue weighted by atomic mass is 19.4. The second-order valence-electron chi connectivity index (χ2n) is 2.85. The molecule has 94 valence electrons. The van der Waals surface area contributed by atoms with Crippen molar-refractivity contribution < 1.29 is 32.3 Å². The summed E-state index contributed by atoms with van der Waals surface area (Å²) in [6.07, 6.45) is -4.19. The van der Waals surface area contributed by atoms with E-state index in [1.165, 1.54) is 6.92 Å². The molecule has 0 saturated carbocycles. The maximum atomic E-state index is 12.5. The minimum Gasteiger partial charge on any atom is -0.462 e. The number of esters is 1. The van der Waals surface area contributed by atoms with Gasteiger partial charge < -0.3 is 14.4 Å². The fourth-order valence-corrected chi connectivity index (χ4v) is 1.10. The van der Waals surface area contributed by atoms with Gasteiger partial charge in [-0.05, 0) is 6.92 Å². The first-order valence-corrected chi connectivity index (χ1v) is 4.45. The van der Waals surface area contributed by atoms with Crippen molar-refractivity contribution in [1.29, 1.82) is 0 Å². The van der Waals surface area contributed by atoms with Gasteiger partial charge in [0.05, 0.1) is 6.61 Å². The molecule has 0 atom stereocenters. The third kappa shape index (κ3) is 2.99. The topological polar surface area (TPSA) is 72.0 Å². The number of oxime groups is 1. The Morgan fingerprint density at radius 1 is 1.65 bits per heavy atom. The molecular formula is C9H8F3NO4. The molecule has 0 spiro atoms. The molecular weight excluding hydrogens is 243 g/mol. The van der Waals surface area contributed by atoms with E-state index < -0.39 is 29.2 Å². The van der Waals surface area contributed by atoms with Crippen molar-refractivity contribution in [3.8, 4) is 0 Å². The van der Waals surface area contributed by atoms with Gasteiger partial charge in [0.25, 0.3) is 0 Å². The first-order chi connectivity index (χ1) is 7.90. The van der Waals surface area contributed by atoms with Gasteiger partial charge in [-0.25, -0.2) is 4.79 Å². The second kappa shape index (κ2) is 4.89. The summed E-state index contributed by atoms with van der Waals surface area (Å²) in [5.74, 6) is -3.03. The van der Waals surface area contributed by atoms with Crippen molar-refractivity contribution in [1.82, 2.24) is 0 Å². The smallest absolute Gasteiger partial charge is 0.450 e. The van der Waals surface area contributed by atoms with Gasteiger partial charge in [0.15, 0.2) is 0 Å². The number of hydrogen-bond acceptors (Lipinski definition) is 5. The molecule has 1 rings (SSSR count). The Balaban J connectivity index is 3.21. The number of halogens is 3. The van der Waals surface area contributed by atoms with Crippen molar-refractivity contribution >= 4 is 12.2 Å². The molecule has 0 fully saturated rings. The number of ether oxygens (including phenoxy) is 1. The number of nitrogens with zero attached hydrogens (tertiary/aromatic N) is 1. The monoisotopic (exact) mass is 251 g/mol.